The summed E-state index contributed by atoms with van der Waals surface area (Å²) in [4.78, 5) is 12.4. The van der Waals surface area contributed by atoms with Crippen molar-refractivity contribution in [2.24, 2.45) is 11.8 Å². The summed E-state index contributed by atoms with van der Waals surface area (Å²) >= 11 is 5.86. The number of carbonyl (C=O) groups is 1. The van der Waals surface area contributed by atoms with Gasteiger partial charge in [0.25, 0.3) is 0 Å². The number of hydrogen-bond donors (Lipinski definition) is 1. The van der Waals surface area contributed by atoms with E-state index in [1.54, 1.807) is 0 Å². The van der Waals surface area contributed by atoms with Crippen LogP contribution in [-0.2, 0) is 11.2 Å². The van der Waals surface area contributed by atoms with Gasteiger partial charge in [-0.3, -0.25) is 4.79 Å². The highest BCUT2D eigenvalue weighted by molar-refractivity contribution is 6.31. The molecule has 0 aliphatic carbocycles. The van der Waals surface area contributed by atoms with Crippen molar-refractivity contribution in [3.05, 3.63) is 34.6 Å². The lowest BCUT2D eigenvalue weighted by molar-refractivity contribution is -0.188. The van der Waals surface area contributed by atoms with Gasteiger partial charge in [-0.15, -0.1) is 0 Å². The molecule has 0 radical (unpaired) electrons. The van der Waals surface area contributed by atoms with Gasteiger partial charge in [0, 0.05) is 30.2 Å². The van der Waals surface area contributed by atoms with E-state index >= 15 is 0 Å². The van der Waals surface area contributed by atoms with Gasteiger partial charge < -0.3 is 10.0 Å². The molecule has 22 heavy (non-hydrogen) atoms. The van der Waals surface area contributed by atoms with E-state index in [2.05, 4.69) is 0 Å². The molecule has 1 heterocycles. The third-order valence-corrected chi connectivity index (χ3v) is 4.23. The topological polar surface area (TPSA) is 40.5 Å². The molecule has 0 bridgehead atoms. The summed E-state index contributed by atoms with van der Waals surface area (Å²) < 4.78 is 52.2. The van der Waals surface area contributed by atoms with Gasteiger partial charge in [0.05, 0.1) is 11.8 Å². The third-order valence-electron chi connectivity index (χ3n) is 3.87. The number of halogens is 5. The maximum Gasteiger partial charge on any atom is 0.393 e. The van der Waals surface area contributed by atoms with Crippen LogP contribution < -0.4 is 0 Å². The van der Waals surface area contributed by atoms with E-state index in [0.717, 1.165) is 0 Å². The fraction of sp³-hybridized carbons (Fsp3) is 0.500. The van der Waals surface area contributed by atoms with Crippen molar-refractivity contribution < 1.29 is 27.5 Å². The molecule has 1 saturated heterocycles. The molecular formula is C14H14ClF4NO2. The van der Waals surface area contributed by atoms with Crippen LogP contribution in [0.25, 0.3) is 0 Å². The molecule has 122 valence electrons. The summed E-state index contributed by atoms with van der Waals surface area (Å²) in [5.74, 6) is -5.38. The number of likely N-dealkylation sites (tertiary alicyclic amines) is 1. The van der Waals surface area contributed by atoms with Crippen LogP contribution in [0.3, 0.4) is 0 Å². The first kappa shape index (κ1) is 17.0. The van der Waals surface area contributed by atoms with E-state index in [0.29, 0.717) is 0 Å². The first-order valence-corrected chi connectivity index (χ1v) is 7.02. The molecule has 1 aliphatic rings. The van der Waals surface area contributed by atoms with Gasteiger partial charge in [-0.25, -0.2) is 4.39 Å². The van der Waals surface area contributed by atoms with E-state index in [1.807, 2.05) is 0 Å². The summed E-state index contributed by atoms with van der Waals surface area (Å²) in [6.45, 7) is -0.477. The lowest BCUT2D eigenvalue weighted by atomic mass is 9.96. The van der Waals surface area contributed by atoms with E-state index in [-0.39, 0.29) is 30.1 Å². The van der Waals surface area contributed by atoms with Crippen molar-refractivity contribution in [2.45, 2.75) is 12.6 Å². The fourth-order valence-corrected chi connectivity index (χ4v) is 2.95. The normalized spacial score (nSPS) is 23.0. The van der Waals surface area contributed by atoms with E-state index < -0.39 is 36.3 Å². The van der Waals surface area contributed by atoms with Gasteiger partial charge >= 0.3 is 12.1 Å². The van der Waals surface area contributed by atoms with Crippen molar-refractivity contribution in [1.82, 2.24) is 4.90 Å². The van der Waals surface area contributed by atoms with Crippen LogP contribution in [0.15, 0.2) is 18.2 Å². The number of rotatable bonds is 4. The zero-order valence-corrected chi connectivity index (χ0v) is 12.2. The minimum Gasteiger partial charge on any atom is -0.481 e. The first-order chi connectivity index (χ1) is 10.2. The Kier molecular flexibility index (Phi) is 4.97. The Balaban J connectivity index is 2.04. The third kappa shape index (κ3) is 3.70. The second kappa shape index (κ2) is 6.42. The lowest BCUT2D eigenvalue weighted by Crippen LogP contribution is -2.33. The van der Waals surface area contributed by atoms with Crippen LogP contribution in [0.4, 0.5) is 17.6 Å². The Morgan fingerprint density at radius 1 is 1.36 bits per heavy atom. The molecular weight excluding hydrogens is 326 g/mol. The van der Waals surface area contributed by atoms with Gasteiger partial charge in [0.1, 0.15) is 5.82 Å². The molecule has 0 aromatic heterocycles. The number of carboxylic acid groups (broad SMARTS) is 1. The number of aliphatic carboxylic acids is 1. The average Bonchev–Trinajstić information content (AvgIpc) is 2.82. The quantitative estimate of drug-likeness (QED) is 0.856. The maximum atomic E-state index is 13.6. The lowest BCUT2D eigenvalue weighted by Gasteiger charge is -2.18. The fourth-order valence-electron chi connectivity index (χ4n) is 2.69. The standard InChI is InChI=1S/C14H14ClF4NO2/c15-11-2-1-3-12(16)8(11)4-5-20-6-9(13(21)22)10(7-20)14(17,18)19/h1-3,9-10H,4-7H2,(H,21,22)/t9-,10-/m1/s1. The summed E-state index contributed by atoms with van der Waals surface area (Å²) in [5, 5.41) is 9.14. The Hall–Kier alpha value is -1.34. The number of carboxylic acids is 1. The minimum absolute atomic E-state index is 0.122. The second-order valence-electron chi connectivity index (χ2n) is 5.30. The Morgan fingerprint density at radius 2 is 2.05 bits per heavy atom. The zero-order valence-electron chi connectivity index (χ0n) is 11.4. The highest BCUT2D eigenvalue weighted by atomic mass is 35.5. The number of benzene rings is 1. The van der Waals surface area contributed by atoms with E-state index in [9.17, 15) is 22.4 Å². The molecule has 3 nitrogen and oxygen atoms in total. The Morgan fingerprint density at radius 3 is 2.55 bits per heavy atom. The van der Waals surface area contributed by atoms with Crippen molar-refractivity contribution in [1.29, 1.82) is 0 Å². The van der Waals surface area contributed by atoms with Gasteiger partial charge in [-0.1, -0.05) is 17.7 Å². The smallest absolute Gasteiger partial charge is 0.393 e. The highest BCUT2D eigenvalue weighted by Crippen LogP contribution is 2.37. The van der Waals surface area contributed by atoms with Crippen LogP contribution >= 0.6 is 11.6 Å². The maximum absolute atomic E-state index is 13.6. The van der Waals surface area contributed by atoms with Crippen LogP contribution in [0.1, 0.15) is 5.56 Å². The molecule has 0 unspecified atom stereocenters. The monoisotopic (exact) mass is 339 g/mol. The molecule has 1 fully saturated rings. The zero-order chi connectivity index (χ0) is 16.5. The van der Waals surface area contributed by atoms with Crippen LogP contribution in [0.5, 0.6) is 0 Å². The van der Waals surface area contributed by atoms with Crippen molar-refractivity contribution in [3.63, 3.8) is 0 Å². The molecule has 8 heteroatoms. The molecule has 1 N–H and O–H groups in total. The molecule has 2 atom stereocenters. The summed E-state index contributed by atoms with van der Waals surface area (Å²) in [5.41, 5.74) is 0.228. The predicted molar refractivity (Wildman–Crippen MR) is 72.2 cm³/mol. The number of alkyl halides is 3. The molecule has 0 amide bonds. The first-order valence-electron chi connectivity index (χ1n) is 6.65. The van der Waals surface area contributed by atoms with Crippen LogP contribution in [-0.4, -0.2) is 41.8 Å². The summed E-state index contributed by atoms with van der Waals surface area (Å²) in [6.07, 6.45) is -4.43. The molecule has 1 aromatic carbocycles. The van der Waals surface area contributed by atoms with E-state index in [4.69, 9.17) is 16.7 Å². The molecule has 1 aliphatic heterocycles. The Labute approximate surface area is 129 Å². The molecule has 1 aromatic rings. The number of hydrogen-bond acceptors (Lipinski definition) is 2. The average molecular weight is 340 g/mol. The molecule has 0 saturated carbocycles. The highest BCUT2D eigenvalue weighted by Gasteiger charge is 2.52. The van der Waals surface area contributed by atoms with Gasteiger partial charge in [0.2, 0.25) is 0 Å². The SMILES string of the molecule is O=C(O)[C@@H]1CN(CCc2c(F)cccc2Cl)C[C@H]1C(F)(F)F. The van der Waals surface area contributed by atoms with E-state index in [1.165, 1.54) is 23.1 Å². The second-order valence-corrected chi connectivity index (χ2v) is 5.71. The van der Waals surface area contributed by atoms with Gasteiger partial charge in [-0.05, 0) is 18.6 Å². The Bertz CT molecular complexity index is 544. The largest absolute Gasteiger partial charge is 0.481 e. The van der Waals surface area contributed by atoms with Gasteiger partial charge in [0.15, 0.2) is 0 Å². The molecule has 2 rings (SSSR count). The van der Waals surface area contributed by atoms with Crippen LogP contribution in [0.2, 0.25) is 5.02 Å². The van der Waals surface area contributed by atoms with Crippen molar-refractivity contribution >= 4 is 17.6 Å². The van der Waals surface area contributed by atoms with Crippen molar-refractivity contribution in [3.8, 4) is 0 Å². The summed E-state index contributed by atoms with van der Waals surface area (Å²) in [7, 11) is 0. The van der Waals surface area contributed by atoms with Gasteiger partial charge in [-0.2, -0.15) is 13.2 Å². The summed E-state index contributed by atoms with van der Waals surface area (Å²) in [6, 6.07) is 4.17. The number of nitrogens with zero attached hydrogens (tertiary/aromatic N) is 1. The predicted octanol–water partition coefficient (Wildman–Crippen LogP) is 3.22. The minimum atomic E-state index is -4.56. The van der Waals surface area contributed by atoms with Crippen molar-refractivity contribution in [2.75, 3.05) is 19.6 Å². The van der Waals surface area contributed by atoms with Crippen LogP contribution in [0, 0.1) is 17.7 Å². The molecule has 0 spiro atoms.